The number of hydrogen-bond donors (Lipinski definition) is 1. The van der Waals surface area contributed by atoms with Gasteiger partial charge in [-0.2, -0.15) is 0 Å². The third-order valence-corrected chi connectivity index (χ3v) is 5.46. The van der Waals surface area contributed by atoms with Crippen molar-refractivity contribution in [2.24, 2.45) is 5.41 Å². The number of hydrogen-bond acceptors (Lipinski definition) is 3. The summed E-state index contributed by atoms with van der Waals surface area (Å²) in [6, 6.07) is 11.6. The largest absolute Gasteiger partial charge is 0.425 e. The highest BCUT2D eigenvalue weighted by atomic mass is 16.5. The van der Waals surface area contributed by atoms with Gasteiger partial charge in [-0.1, -0.05) is 50.1 Å². The lowest BCUT2D eigenvalue weighted by Crippen LogP contribution is -2.28. The minimum Gasteiger partial charge on any atom is -0.425 e. The number of esters is 1. The fraction of sp³-hybridized carbons (Fsp3) is 0.476. The zero-order valence-electron chi connectivity index (χ0n) is 14.8. The van der Waals surface area contributed by atoms with Crippen molar-refractivity contribution in [3.8, 4) is 5.75 Å². The highest BCUT2D eigenvalue weighted by molar-refractivity contribution is 5.94. The number of ether oxygens (including phenoxy) is 1. The molecule has 1 saturated carbocycles. The van der Waals surface area contributed by atoms with Gasteiger partial charge >= 0.3 is 5.97 Å². The van der Waals surface area contributed by atoms with E-state index < -0.39 is 11.0 Å². The first-order valence-electron chi connectivity index (χ1n) is 8.84. The summed E-state index contributed by atoms with van der Waals surface area (Å²) in [6.07, 6.45) is 4.40. The lowest BCUT2D eigenvalue weighted by atomic mass is 9.87. The van der Waals surface area contributed by atoms with Crippen molar-refractivity contribution in [2.45, 2.75) is 58.5 Å². The van der Waals surface area contributed by atoms with E-state index in [0.29, 0.717) is 5.75 Å². The van der Waals surface area contributed by atoms with Gasteiger partial charge in [-0.25, -0.2) is 0 Å². The van der Waals surface area contributed by atoms with Crippen molar-refractivity contribution < 1.29 is 14.6 Å². The molecule has 1 N–H and O–H groups in total. The van der Waals surface area contributed by atoms with Crippen LogP contribution in [0.4, 0.5) is 0 Å². The van der Waals surface area contributed by atoms with E-state index in [-0.39, 0.29) is 5.97 Å². The molecule has 2 aromatic carbocycles. The van der Waals surface area contributed by atoms with Crippen LogP contribution >= 0.6 is 0 Å². The maximum absolute atomic E-state index is 12.4. The lowest BCUT2D eigenvalue weighted by molar-refractivity contribution is -0.144. The predicted molar refractivity (Wildman–Crippen MR) is 96.0 cm³/mol. The Bertz CT molecular complexity index is 755. The van der Waals surface area contributed by atoms with Crippen molar-refractivity contribution in [3.63, 3.8) is 0 Å². The van der Waals surface area contributed by atoms with Crippen LogP contribution in [0.3, 0.4) is 0 Å². The van der Waals surface area contributed by atoms with Crippen molar-refractivity contribution in [1.82, 2.24) is 0 Å². The Morgan fingerprint density at radius 1 is 1.12 bits per heavy atom. The Balaban J connectivity index is 2.05. The number of aliphatic hydroxyl groups is 1. The highest BCUT2D eigenvalue weighted by Crippen LogP contribution is 2.43. The first kappa shape index (κ1) is 17.0. The monoisotopic (exact) mass is 326 g/mol. The van der Waals surface area contributed by atoms with Gasteiger partial charge in [-0.3, -0.25) is 4.79 Å². The van der Waals surface area contributed by atoms with Crippen LogP contribution in [0.2, 0.25) is 0 Å². The van der Waals surface area contributed by atoms with E-state index in [4.69, 9.17) is 4.74 Å². The van der Waals surface area contributed by atoms with Crippen LogP contribution in [-0.4, -0.2) is 11.1 Å². The molecule has 3 nitrogen and oxygen atoms in total. The second-order valence-electron chi connectivity index (χ2n) is 7.52. The van der Waals surface area contributed by atoms with Gasteiger partial charge in [-0.15, -0.1) is 0 Å². The second kappa shape index (κ2) is 6.21. The van der Waals surface area contributed by atoms with E-state index in [1.54, 1.807) is 0 Å². The third kappa shape index (κ3) is 2.93. The second-order valence-corrected chi connectivity index (χ2v) is 7.52. The van der Waals surface area contributed by atoms with Gasteiger partial charge in [-0.05, 0) is 50.1 Å². The molecule has 2 aromatic rings. The van der Waals surface area contributed by atoms with Crippen molar-refractivity contribution >= 4 is 16.7 Å². The van der Waals surface area contributed by atoms with Crippen molar-refractivity contribution in [2.75, 3.05) is 0 Å². The SMILES string of the molecule is CCC(C)(C)C(=O)Oc1ccc(C2(O)CCCC2)c2ccccc12. The van der Waals surface area contributed by atoms with Crippen LogP contribution in [0.5, 0.6) is 5.75 Å². The molecule has 1 fully saturated rings. The summed E-state index contributed by atoms with van der Waals surface area (Å²) in [5.41, 5.74) is -0.320. The first-order chi connectivity index (χ1) is 11.4. The van der Waals surface area contributed by atoms with E-state index in [1.807, 2.05) is 57.2 Å². The van der Waals surface area contributed by atoms with Crippen LogP contribution in [0.1, 0.15) is 58.4 Å². The Labute approximate surface area is 143 Å². The van der Waals surface area contributed by atoms with Crippen LogP contribution in [-0.2, 0) is 10.4 Å². The molecule has 3 rings (SSSR count). The molecule has 0 spiro atoms. The quantitative estimate of drug-likeness (QED) is 0.639. The zero-order chi connectivity index (χ0) is 17.4. The average Bonchev–Trinajstić information content (AvgIpc) is 3.02. The molecule has 0 saturated heterocycles. The van der Waals surface area contributed by atoms with Gasteiger partial charge in [0.05, 0.1) is 11.0 Å². The Morgan fingerprint density at radius 3 is 2.38 bits per heavy atom. The van der Waals surface area contributed by atoms with Gasteiger partial charge in [0.1, 0.15) is 5.75 Å². The van der Waals surface area contributed by atoms with Crippen molar-refractivity contribution in [1.29, 1.82) is 0 Å². The van der Waals surface area contributed by atoms with E-state index >= 15 is 0 Å². The summed E-state index contributed by atoms with van der Waals surface area (Å²) in [7, 11) is 0. The fourth-order valence-electron chi connectivity index (χ4n) is 3.38. The number of carbonyl (C=O) groups is 1. The standard InChI is InChI=1S/C21H26O3/c1-4-20(2,3)19(22)24-18-12-11-17(21(23)13-7-8-14-21)15-9-5-6-10-16(15)18/h5-6,9-12,23H,4,7-8,13-14H2,1-3H3. The summed E-state index contributed by atoms with van der Waals surface area (Å²) in [4.78, 5) is 12.4. The normalized spacial score (nSPS) is 17.2. The molecular formula is C21H26O3. The Hall–Kier alpha value is -1.87. The lowest BCUT2D eigenvalue weighted by Gasteiger charge is -2.26. The maximum Gasteiger partial charge on any atom is 0.316 e. The fourth-order valence-corrected chi connectivity index (χ4v) is 3.38. The molecule has 0 unspecified atom stereocenters. The van der Waals surface area contributed by atoms with Gasteiger partial charge in [0.15, 0.2) is 0 Å². The Morgan fingerprint density at radius 2 is 1.75 bits per heavy atom. The highest BCUT2D eigenvalue weighted by Gasteiger charge is 2.35. The molecule has 0 radical (unpaired) electrons. The molecule has 0 amide bonds. The van der Waals surface area contributed by atoms with Gasteiger partial charge in [0.25, 0.3) is 0 Å². The average molecular weight is 326 g/mol. The third-order valence-electron chi connectivity index (χ3n) is 5.46. The van der Waals surface area contributed by atoms with E-state index in [1.165, 1.54) is 0 Å². The van der Waals surface area contributed by atoms with Crippen LogP contribution in [0, 0.1) is 5.41 Å². The predicted octanol–water partition coefficient (Wildman–Crippen LogP) is 4.94. The van der Waals surface area contributed by atoms with Crippen molar-refractivity contribution in [3.05, 3.63) is 42.0 Å². The molecule has 24 heavy (non-hydrogen) atoms. The summed E-state index contributed by atoms with van der Waals surface area (Å²) in [6.45, 7) is 5.78. The molecule has 0 atom stereocenters. The maximum atomic E-state index is 12.4. The number of benzene rings is 2. The van der Waals surface area contributed by atoms with Gasteiger partial charge in [0.2, 0.25) is 0 Å². The molecular weight excluding hydrogens is 300 g/mol. The molecule has 3 heteroatoms. The zero-order valence-corrected chi connectivity index (χ0v) is 14.8. The summed E-state index contributed by atoms with van der Waals surface area (Å²) >= 11 is 0. The first-order valence-corrected chi connectivity index (χ1v) is 8.84. The van der Waals surface area contributed by atoms with Crippen LogP contribution in [0.15, 0.2) is 36.4 Å². The van der Waals surface area contributed by atoms with Gasteiger partial charge in [0, 0.05) is 5.39 Å². The minimum absolute atomic E-state index is 0.220. The van der Waals surface area contributed by atoms with Gasteiger partial charge < -0.3 is 9.84 Å². The van der Waals surface area contributed by atoms with E-state index in [9.17, 15) is 9.90 Å². The van der Waals surface area contributed by atoms with Crippen LogP contribution in [0.25, 0.3) is 10.8 Å². The molecule has 0 aromatic heterocycles. The molecule has 1 aliphatic rings. The smallest absolute Gasteiger partial charge is 0.316 e. The number of rotatable bonds is 4. The molecule has 0 heterocycles. The summed E-state index contributed by atoms with van der Waals surface area (Å²) in [5.74, 6) is 0.352. The summed E-state index contributed by atoms with van der Waals surface area (Å²) < 4.78 is 5.71. The molecule has 128 valence electrons. The number of fused-ring (bicyclic) bond motifs is 1. The molecule has 0 bridgehead atoms. The minimum atomic E-state index is -0.759. The Kier molecular flexibility index (Phi) is 4.39. The molecule has 0 aliphatic heterocycles. The van der Waals surface area contributed by atoms with Crippen LogP contribution < -0.4 is 4.74 Å². The summed E-state index contributed by atoms with van der Waals surface area (Å²) in [5, 5.41) is 12.9. The van der Waals surface area contributed by atoms with E-state index in [0.717, 1.165) is 48.4 Å². The topological polar surface area (TPSA) is 46.5 Å². The molecule has 1 aliphatic carbocycles. The number of carbonyl (C=O) groups excluding carboxylic acids is 1. The van der Waals surface area contributed by atoms with E-state index in [2.05, 4.69) is 0 Å².